The predicted molar refractivity (Wildman–Crippen MR) is 39.8 cm³/mol. The summed E-state index contributed by atoms with van der Waals surface area (Å²) in [5, 5.41) is 3.62. The predicted octanol–water partition coefficient (Wildman–Crippen LogP) is -0.743. The maximum atomic E-state index is 11.7. The van der Waals surface area contributed by atoms with Crippen LogP contribution in [-0.2, 0) is 9.59 Å². The normalized spacial score (nSPS) is 45.5. The minimum Gasteiger partial charge on any atom is -0.345 e. The molecule has 0 aromatic carbocycles. The molecule has 0 radical (unpaired) electrons. The van der Waals surface area contributed by atoms with Crippen molar-refractivity contribution in [2.24, 2.45) is 5.89 Å². The summed E-state index contributed by atoms with van der Waals surface area (Å²) in [6, 6.07) is -3.13. The molecule has 1 aliphatic rings. The second-order valence-electron chi connectivity index (χ2n) is 1.98. The Morgan fingerprint density at radius 3 is 3.18 bits per heavy atom. The zero-order chi connectivity index (χ0) is 15.3. The molecule has 2 N–H and O–H groups in total. The first-order chi connectivity index (χ1) is 8.27. The molecule has 1 aliphatic heterocycles. The first-order valence-electron chi connectivity index (χ1n) is 6.87. The van der Waals surface area contributed by atoms with Crippen LogP contribution in [-0.4, -0.2) is 24.4 Å². The van der Waals surface area contributed by atoms with Gasteiger partial charge in [0.05, 0.1) is 7.92 Å². The van der Waals surface area contributed by atoms with E-state index in [4.69, 9.17) is 11.0 Å². The molecule has 1 rings (SSSR count). The average Bonchev–Trinajstić information content (AvgIpc) is 2.19. The van der Waals surface area contributed by atoms with Crippen LogP contribution in [0.25, 0.3) is 0 Å². The van der Waals surface area contributed by atoms with Crippen molar-refractivity contribution in [2.45, 2.75) is 19.7 Å². The highest BCUT2D eigenvalue weighted by Gasteiger charge is 2.27. The molecule has 2 amide bonds. The van der Waals surface area contributed by atoms with Crippen LogP contribution < -0.4 is 10.6 Å². The van der Waals surface area contributed by atoms with E-state index in [2.05, 4.69) is 0 Å². The summed E-state index contributed by atoms with van der Waals surface area (Å²) >= 11 is 0. The van der Waals surface area contributed by atoms with Gasteiger partial charge in [0, 0.05) is 9.60 Å². The third-order valence-electron chi connectivity index (χ3n) is 1.15. The molecule has 1 atom stereocenters. The number of carbonyl (C=O) groups excluding carboxylic acids is 2. The molecule has 1 saturated heterocycles. The Morgan fingerprint density at radius 2 is 2.55 bits per heavy atom. The van der Waals surface area contributed by atoms with Crippen molar-refractivity contribution >= 4 is 11.8 Å². The van der Waals surface area contributed by atoms with Crippen LogP contribution in [0.15, 0.2) is 0 Å². The minimum absolute atomic E-state index is 0.502. The second-order valence-corrected chi connectivity index (χ2v) is 1.98. The fourth-order valence-corrected chi connectivity index (χ4v) is 0.665. The highest BCUT2D eigenvalue weighted by molar-refractivity contribution is 5.94. The zero-order valence-electron chi connectivity index (χ0n) is 13.5. The van der Waals surface area contributed by atoms with Gasteiger partial charge in [-0.05, 0) is 5.89 Å². The van der Waals surface area contributed by atoms with Gasteiger partial charge in [-0.1, -0.05) is 13.7 Å². The number of carbonyl (C=O) groups is 2. The lowest BCUT2D eigenvalue weighted by atomic mass is 10.0. The van der Waals surface area contributed by atoms with Gasteiger partial charge < -0.3 is 10.6 Å². The van der Waals surface area contributed by atoms with E-state index in [1.807, 2.05) is 5.32 Å². The summed E-state index contributed by atoms with van der Waals surface area (Å²) in [6.07, 6.45) is 0. The van der Waals surface area contributed by atoms with Crippen molar-refractivity contribution in [2.75, 3.05) is 6.54 Å². The maximum absolute atomic E-state index is 11.7. The van der Waals surface area contributed by atoms with Crippen LogP contribution in [0.2, 0.25) is 0 Å². The molecule has 4 nitrogen and oxygen atoms in total. The minimum atomic E-state index is -3.49. The van der Waals surface area contributed by atoms with Crippen LogP contribution in [0.5, 0.6) is 0 Å². The summed E-state index contributed by atoms with van der Waals surface area (Å²) in [5.41, 5.74) is 0. The number of rotatable bonds is 1. The molecule has 62 valence electrons. The molecule has 0 bridgehead atoms. The SMILES string of the molecule is [2H]C([2H])([2H])C([2H])(C([2H])([2H])[2H])[C@]1([2H])NC(=O)CNC1=O. The molecule has 0 aromatic heterocycles. The van der Waals surface area contributed by atoms with Crippen molar-refractivity contribution in [1.29, 1.82) is 0 Å². The van der Waals surface area contributed by atoms with Crippen LogP contribution in [0.4, 0.5) is 0 Å². The standard InChI is InChI=1S/C7H12N2O2/c1-4(2)6-7(11)8-3-5(10)9-6/h4,6H,3H2,1-2H3,(H,8,11)(H,9,10)/t6-/m0/s1/i1D3,2D3,4D,6D. The zero-order valence-corrected chi connectivity index (χ0v) is 5.52. The molecule has 0 saturated carbocycles. The van der Waals surface area contributed by atoms with E-state index in [0.29, 0.717) is 0 Å². The topological polar surface area (TPSA) is 58.2 Å². The summed E-state index contributed by atoms with van der Waals surface area (Å²) in [5.74, 6) is -5.76. The number of hydrogen-bond donors (Lipinski definition) is 2. The number of piperazine rings is 1. The summed E-state index contributed by atoms with van der Waals surface area (Å²) in [7, 11) is 0. The van der Waals surface area contributed by atoms with Crippen molar-refractivity contribution in [3.63, 3.8) is 0 Å². The fraction of sp³-hybridized carbons (Fsp3) is 0.714. The Morgan fingerprint density at radius 1 is 1.82 bits per heavy atom. The van der Waals surface area contributed by atoms with Crippen LogP contribution >= 0.6 is 0 Å². The van der Waals surface area contributed by atoms with E-state index in [1.165, 1.54) is 0 Å². The van der Waals surface area contributed by atoms with E-state index < -0.39 is 44.0 Å². The van der Waals surface area contributed by atoms with Gasteiger partial charge in [-0.25, -0.2) is 0 Å². The fourth-order valence-electron chi connectivity index (χ4n) is 0.665. The molecule has 0 aromatic rings. The first kappa shape index (κ1) is 2.47. The number of nitrogens with one attached hydrogen (secondary N) is 2. The van der Waals surface area contributed by atoms with Crippen LogP contribution in [0.1, 0.15) is 24.7 Å². The van der Waals surface area contributed by atoms with Gasteiger partial charge in [0.2, 0.25) is 11.8 Å². The second kappa shape index (κ2) is 2.90. The van der Waals surface area contributed by atoms with Crippen molar-refractivity contribution in [1.82, 2.24) is 10.6 Å². The molecule has 4 heteroatoms. The van der Waals surface area contributed by atoms with E-state index in [0.717, 1.165) is 0 Å². The lowest BCUT2D eigenvalue weighted by molar-refractivity contribution is -0.134. The van der Waals surface area contributed by atoms with Gasteiger partial charge in [0.15, 0.2) is 0 Å². The molecule has 0 aliphatic carbocycles. The molecular formula is C7H12N2O2. The molecule has 11 heavy (non-hydrogen) atoms. The number of hydrogen-bond acceptors (Lipinski definition) is 2. The van der Waals surface area contributed by atoms with Gasteiger partial charge >= 0.3 is 0 Å². The molecule has 1 heterocycles. The molecular weight excluding hydrogens is 144 g/mol. The number of amides is 2. The summed E-state index contributed by atoms with van der Waals surface area (Å²) < 4.78 is 58.7. The van der Waals surface area contributed by atoms with Crippen LogP contribution in [0.3, 0.4) is 0 Å². The first-order valence-corrected chi connectivity index (χ1v) is 2.87. The molecule has 1 fully saturated rings. The smallest absolute Gasteiger partial charge is 0.243 e. The summed E-state index contributed by atoms with van der Waals surface area (Å²) in [6.45, 7) is -7.47. The largest absolute Gasteiger partial charge is 0.345 e. The lowest BCUT2D eigenvalue weighted by Gasteiger charge is -2.25. The van der Waals surface area contributed by atoms with E-state index in [1.54, 1.807) is 5.32 Å². The van der Waals surface area contributed by atoms with Gasteiger partial charge in [-0.15, -0.1) is 0 Å². The highest BCUT2D eigenvalue weighted by Crippen LogP contribution is 2.03. The lowest BCUT2D eigenvalue weighted by Crippen LogP contribution is -2.58. The Bertz CT molecular complexity index is 402. The molecule has 0 spiro atoms. The van der Waals surface area contributed by atoms with Gasteiger partial charge in [-0.2, -0.15) is 0 Å². The average molecular weight is 164 g/mol. The van der Waals surface area contributed by atoms with Gasteiger partial charge in [0.1, 0.15) is 6.02 Å². The third-order valence-corrected chi connectivity index (χ3v) is 1.15. The van der Waals surface area contributed by atoms with E-state index in [9.17, 15) is 9.59 Å². The highest BCUT2D eigenvalue weighted by atomic mass is 16.2. The van der Waals surface area contributed by atoms with Crippen molar-refractivity contribution in [3.05, 3.63) is 0 Å². The summed E-state index contributed by atoms with van der Waals surface area (Å²) in [4.78, 5) is 22.9. The Hall–Kier alpha value is -1.06. The monoisotopic (exact) mass is 164 g/mol. The van der Waals surface area contributed by atoms with Gasteiger partial charge in [-0.3, -0.25) is 9.59 Å². The van der Waals surface area contributed by atoms with Gasteiger partial charge in [0.25, 0.3) is 0 Å². The van der Waals surface area contributed by atoms with Crippen LogP contribution in [0, 0.1) is 5.89 Å². The maximum Gasteiger partial charge on any atom is 0.243 e. The Kier molecular flexibility index (Phi) is 0.651. The Labute approximate surface area is 76.6 Å². The Balaban J connectivity index is 3.48. The quantitative estimate of drug-likeness (QED) is 0.536. The van der Waals surface area contributed by atoms with E-state index >= 15 is 0 Å². The third kappa shape index (κ3) is 1.69. The molecule has 0 unspecified atom stereocenters. The van der Waals surface area contributed by atoms with E-state index in [-0.39, 0.29) is 0 Å². The van der Waals surface area contributed by atoms with Crippen molar-refractivity contribution < 1.29 is 20.6 Å². The van der Waals surface area contributed by atoms with Crippen molar-refractivity contribution in [3.8, 4) is 0 Å².